The average Bonchev–Trinajstić information content (AvgIpc) is 2.55. The summed E-state index contributed by atoms with van der Waals surface area (Å²) in [5.74, 6) is -0.794. The number of hydrogen-bond acceptors (Lipinski definition) is 2. The minimum absolute atomic E-state index is 0.268. The highest BCUT2D eigenvalue weighted by molar-refractivity contribution is 5.91. The molecule has 2 rings (SSSR count). The summed E-state index contributed by atoms with van der Waals surface area (Å²) in [5.41, 5.74) is 1.20. The van der Waals surface area contributed by atoms with Crippen LogP contribution in [-0.2, 0) is 11.2 Å². The molecule has 2 aromatic carbocycles. The van der Waals surface area contributed by atoms with Crippen LogP contribution in [0.3, 0.4) is 0 Å². The Hall–Kier alpha value is -2.69. The maximum Gasteiger partial charge on any atom is 0.244 e. The van der Waals surface area contributed by atoms with Crippen LogP contribution in [-0.4, -0.2) is 19.6 Å². The van der Waals surface area contributed by atoms with Crippen molar-refractivity contribution in [3.8, 4) is 5.75 Å². The van der Waals surface area contributed by atoms with Gasteiger partial charge in [-0.2, -0.15) is 0 Å². The third kappa shape index (κ3) is 5.21. The number of hydrogen-bond donors (Lipinski definition) is 1. The molecule has 2 aromatic rings. The largest absolute Gasteiger partial charge is 0.497 e. The lowest BCUT2D eigenvalue weighted by molar-refractivity contribution is -0.116. The fourth-order valence-electron chi connectivity index (χ4n) is 2.02. The van der Waals surface area contributed by atoms with E-state index in [0.717, 1.165) is 11.6 Å². The fraction of sp³-hybridized carbons (Fsp3) is 0.167. The lowest BCUT2D eigenvalue weighted by Crippen LogP contribution is -2.23. The minimum atomic E-state index is -0.614. The molecule has 0 aliphatic heterocycles. The quantitative estimate of drug-likeness (QED) is 0.830. The molecule has 0 atom stereocenters. The Balaban J connectivity index is 1.83. The standard InChI is InChI=1S/C18H17F2NO2/c1-23-16-4-2-3-13(11-16)5-8-18(22)21-10-9-14-6-7-15(19)12-17(14)20/h2-8,11-12H,9-10H2,1H3,(H,21,22)/b8-5+. The van der Waals surface area contributed by atoms with E-state index in [9.17, 15) is 13.6 Å². The lowest BCUT2D eigenvalue weighted by atomic mass is 10.1. The summed E-state index contributed by atoms with van der Waals surface area (Å²) in [6.45, 7) is 0.268. The first-order chi connectivity index (χ1) is 11.1. The van der Waals surface area contributed by atoms with E-state index < -0.39 is 11.6 Å². The van der Waals surface area contributed by atoms with Gasteiger partial charge < -0.3 is 10.1 Å². The predicted octanol–water partition coefficient (Wildman–Crippen LogP) is 3.35. The van der Waals surface area contributed by atoms with Gasteiger partial charge in [0.15, 0.2) is 0 Å². The van der Waals surface area contributed by atoms with E-state index in [-0.39, 0.29) is 12.5 Å². The van der Waals surface area contributed by atoms with Crippen molar-refractivity contribution < 1.29 is 18.3 Å². The number of nitrogens with one attached hydrogen (secondary N) is 1. The third-order valence-corrected chi connectivity index (χ3v) is 3.23. The van der Waals surface area contributed by atoms with Gasteiger partial charge in [-0.1, -0.05) is 18.2 Å². The molecule has 1 N–H and O–H groups in total. The Kier molecular flexibility index (Phi) is 5.86. The number of amides is 1. The molecule has 0 bridgehead atoms. The molecule has 0 saturated heterocycles. The Labute approximate surface area is 133 Å². The molecule has 23 heavy (non-hydrogen) atoms. The van der Waals surface area contributed by atoms with Crippen LogP contribution in [0.2, 0.25) is 0 Å². The molecule has 5 heteroatoms. The van der Waals surface area contributed by atoms with Crippen molar-refractivity contribution in [3.63, 3.8) is 0 Å². The second kappa shape index (κ2) is 8.08. The topological polar surface area (TPSA) is 38.3 Å². The summed E-state index contributed by atoms with van der Waals surface area (Å²) in [5, 5.41) is 2.65. The molecule has 0 spiro atoms. The van der Waals surface area contributed by atoms with Crippen molar-refractivity contribution in [2.24, 2.45) is 0 Å². The monoisotopic (exact) mass is 317 g/mol. The van der Waals surface area contributed by atoms with E-state index in [0.29, 0.717) is 17.7 Å². The van der Waals surface area contributed by atoms with Gasteiger partial charge in [-0.3, -0.25) is 4.79 Å². The molecule has 1 amide bonds. The molecule has 0 heterocycles. The Morgan fingerprint density at radius 3 is 2.78 bits per heavy atom. The second-order valence-corrected chi connectivity index (χ2v) is 4.89. The van der Waals surface area contributed by atoms with Gasteiger partial charge in [0.1, 0.15) is 17.4 Å². The van der Waals surface area contributed by atoms with Crippen molar-refractivity contribution in [3.05, 3.63) is 71.3 Å². The van der Waals surface area contributed by atoms with Gasteiger partial charge in [-0.25, -0.2) is 8.78 Å². The van der Waals surface area contributed by atoms with Gasteiger partial charge >= 0.3 is 0 Å². The van der Waals surface area contributed by atoms with Crippen molar-refractivity contribution in [1.82, 2.24) is 5.32 Å². The molecule has 3 nitrogen and oxygen atoms in total. The highest BCUT2D eigenvalue weighted by Crippen LogP contribution is 2.13. The van der Waals surface area contributed by atoms with E-state index in [2.05, 4.69) is 5.32 Å². The number of carbonyl (C=O) groups is 1. The zero-order valence-electron chi connectivity index (χ0n) is 12.7. The number of benzene rings is 2. The molecule has 0 fully saturated rings. The van der Waals surface area contributed by atoms with Crippen LogP contribution in [0.25, 0.3) is 6.08 Å². The summed E-state index contributed by atoms with van der Waals surface area (Å²) in [6, 6.07) is 10.7. The van der Waals surface area contributed by atoms with Crippen molar-refractivity contribution in [1.29, 1.82) is 0 Å². The first-order valence-corrected chi connectivity index (χ1v) is 7.12. The van der Waals surface area contributed by atoms with E-state index in [1.54, 1.807) is 19.3 Å². The van der Waals surface area contributed by atoms with Crippen LogP contribution in [0, 0.1) is 11.6 Å². The molecule has 120 valence electrons. The minimum Gasteiger partial charge on any atom is -0.497 e. The van der Waals surface area contributed by atoms with Gasteiger partial charge in [0.2, 0.25) is 5.91 Å². The highest BCUT2D eigenvalue weighted by Gasteiger charge is 2.04. The van der Waals surface area contributed by atoms with Crippen LogP contribution in [0.5, 0.6) is 5.75 Å². The first-order valence-electron chi connectivity index (χ1n) is 7.12. The summed E-state index contributed by atoms with van der Waals surface area (Å²) >= 11 is 0. The van der Waals surface area contributed by atoms with E-state index in [1.807, 2.05) is 18.2 Å². The molecule has 0 aliphatic carbocycles. The molecule has 0 radical (unpaired) electrons. The maximum atomic E-state index is 13.4. The lowest BCUT2D eigenvalue weighted by Gasteiger charge is -2.04. The third-order valence-electron chi connectivity index (χ3n) is 3.23. The molecular formula is C18H17F2NO2. The Morgan fingerprint density at radius 1 is 1.22 bits per heavy atom. The Morgan fingerprint density at radius 2 is 2.04 bits per heavy atom. The first kappa shape index (κ1) is 16.7. The van der Waals surface area contributed by atoms with Gasteiger partial charge in [-0.05, 0) is 41.8 Å². The molecular weight excluding hydrogens is 300 g/mol. The van der Waals surface area contributed by atoms with Crippen LogP contribution in [0.4, 0.5) is 8.78 Å². The number of methoxy groups -OCH3 is 1. The highest BCUT2D eigenvalue weighted by atomic mass is 19.1. The number of carbonyl (C=O) groups excluding carboxylic acids is 1. The molecule has 0 aliphatic rings. The van der Waals surface area contributed by atoms with E-state index in [4.69, 9.17) is 4.74 Å². The maximum absolute atomic E-state index is 13.4. The van der Waals surface area contributed by atoms with Crippen molar-refractivity contribution in [2.75, 3.05) is 13.7 Å². The number of halogens is 2. The Bertz CT molecular complexity index is 714. The van der Waals surface area contributed by atoms with Gasteiger partial charge in [-0.15, -0.1) is 0 Å². The number of ether oxygens (including phenoxy) is 1. The summed E-state index contributed by atoms with van der Waals surface area (Å²) in [7, 11) is 1.57. The van der Waals surface area contributed by atoms with Crippen molar-refractivity contribution >= 4 is 12.0 Å². The smallest absolute Gasteiger partial charge is 0.244 e. The van der Waals surface area contributed by atoms with E-state index in [1.165, 1.54) is 18.2 Å². The van der Waals surface area contributed by atoms with Gasteiger partial charge in [0.05, 0.1) is 7.11 Å². The summed E-state index contributed by atoms with van der Waals surface area (Å²) < 4.78 is 31.3. The van der Waals surface area contributed by atoms with Crippen LogP contribution < -0.4 is 10.1 Å². The van der Waals surface area contributed by atoms with Crippen LogP contribution in [0.15, 0.2) is 48.5 Å². The van der Waals surface area contributed by atoms with Gasteiger partial charge in [0.25, 0.3) is 0 Å². The van der Waals surface area contributed by atoms with Crippen molar-refractivity contribution in [2.45, 2.75) is 6.42 Å². The molecule has 0 saturated carbocycles. The molecule has 0 unspecified atom stereocenters. The van der Waals surface area contributed by atoms with Crippen LogP contribution in [0.1, 0.15) is 11.1 Å². The zero-order valence-corrected chi connectivity index (χ0v) is 12.7. The zero-order chi connectivity index (χ0) is 16.7. The number of rotatable bonds is 6. The second-order valence-electron chi connectivity index (χ2n) is 4.89. The fourth-order valence-corrected chi connectivity index (χ4v) is 2.02. The van der Waals surface area contributed by atoms with Crippen LogP contribution >= 0.6 is 0 Å². The normalized spacial score (nSPS) is 10.7. The van der Waals surface area contributed by atoms with Gasteiger partial charge in [0, 0.05) is 18.7 Å². The SMILES string of the molecule is COc1cccc(/C=C/C(=O)NCCc2ccc(F)cc2F)c1. The average molecular weight is 317 g/mol. The summed E-state index contributed by atoms with van der Waals surface area (Å²) in [6.07, 6.45) is 3.36. The van der Waals surface area contributed by atoms with E-state index >= 15 is 0 Å². The summed E-state index contributed by atoms with van der Waals surface area (Å²) in [4.78, 5) is 11.7. The molecule has 0 aromatic heterocycles. The predicted molar refractivity (Wildman–Crippen MR) is 85.1 cm³/mol.